The third-order valence-corrected chi connectivity index (χ3v) is 5.00. The number of pyridine rings is 1. The SMILES string of the molecule is CCc1cccc(Nc2nccc(Oc3ccc4c(ccn4-c4ccccn4)c3)n2)c1. The van der Waals surface area contributed by atoms with Gasteiger partial charge in [0.25, 0.3) is 0 Å². The molecule has 0 radical (unpaired) electrons. The molecule has 0 aliphatic carbocycles. The zero-order valence-electron chi connectivity index (χ0n) is 17.1. The van der Waals surface area contributed by atoms with Crippen molar-refractivity contribution in [1.29, 1.82) is 0 Å². The Morgan fingerprint density at radius 3 is 2.74 bits per heavy atom. The average molecular weight is 407 g/mol. The molecule has 1 N–H and O–H groups in total. The van der Waals surface area contributed by atoms with Crippen molar-refractivity contribution in [3.8, 4) is 17.4 Å². The van der Waals surface area contributed by atoms with E-state index in [0.717, 1.165) is 28.8 Å². The van der Waals surface area contributed by atoms with E-state index in [4.69, 9.17) is 4.74 Å². The standard InChI is InChI=1S/C25H21N5O/c1-2-18-6-5-7-20(16-18)28-25-27-14-11-24(29-25)31-21-9-10-22-19(17-21)12-15-30(22)23-8-3-4-13-26-23/h3-17H,2H2,1H3,(H,27,28,29). The summed E-state index contributed by atoms with van der Waals surface area (Å²) in [5.74, 6) is 2.56. The summed E-state index contributed by atoms with van der Waals surface area (Å²) in [5.41, 5.74) is 3.27. The minimum Gasteiger partial charge on any atom is -0.439 e. The summed E-state index contributed by atoms with van der Waals surface area (Å²) in [6, 6.07) is 23.8. The number of aromatic nitrogens is 4. The van der Waals surface area contributed by atoms with Crippen molar-refractivity contribution in [1.82, 2.24) is 19.5 Å². The van der Waals surface area contributed by atoms with Crippen molar-refractivity contribution < 1.29 is 4.74 Å². The predicted molar refractivity (Wildman–Crippen MR) is 122 cm³/mol. The van der Waals surface area contributed by atoms with Crippen LogP contribution in [0, 0.1) is 0 Å². The van der Waals surface area contributed by atoms with E-state index in [-0.39, 0.29) is 0 Å². The molecule has 6 nitrogen and oxygen atoms in total. The number of anilines is 2. The highest BCUT2D eigenvalue weighted by atomic mass is 16.5. The third-order valence-electron chi connectivity index (χ3n) is 5.00. The molecule has 0 spiro atoms. The Morgan fingerprint density at radius 2 is 1.87 bits per heavy atom. The summed E-state index contributed by atoms with van der Waals surface area (Å²) in [4.78, 5) is 13.2. The van der Waals surface area contributed by atoms with Crippen LogP contribution in [-0.2, 0) is 6.42 Å². The largest absolute Gasteiger partial charge is 0.439 e. The number of nitrogens with zero attached hydrogens (tertiary/aromatic N) is 4. The second-order valence-electron chi connectivity index (χ2n) is 7.09. The first-order valence-electron chi connectivity index (χ1n) is 10.2. The Bertz CT molecular complexity index is 1330. The third kappa shape index (κ3) is 4.09. The minimum absolute atomic E-state index is 0.479. The van der Waals surface area contributed by atoms with Crippen LogP contribution in [0.15, 0.2) is 91.4 Å². The molecule has 3 heterocycles. The second-order valence-corrected chi connectivity index (χ2v) is 7.09. The molecular formula is C25H21N5O. The fourth-order valence-corrected chi connectivity index (χ4v) is 3.46. The summed E-state index contributed by atoms with van der Waals surface area (Å²) in [5, 5.41) is 4.31. The predicted octanol–water partition coefficient (Wildman–Crippen LogP) is 5.91. The molecule has 0 saturated heterocycles. The molecule has 3 aromatic heterocycles. The number of fused-ring (bicyclic) bond motifs is 1. The fraction of sp³-hybridized carbons (Fsp3) is 0.0800. The van der Waals surface area contributed by atoms with E-state index in [1.807, 2.05) is 60.8 Å². The molecule has 2 aromatic carbocycles. The van der Waals surface area contributed by atoms with E-state index in [0.29, 0.717) is 17.6 Å². The van der Waals surface area contributed by atoms with Crippen molar-refractivity contribution in [2.75, 3.05) is 5.32 Å². The van der Waals surface area contributed by atoms with E-state index < -0.39 is 0 Å². The van der Waals surface area contributed by atoms with Crippen molar-refractivity contribution in [3.63, 3.8) is 0 Å². The highest BCUT2D eigenvalue weighted by Crippen LogP contribution is 2.27. The van der Waals surface area contributed by atoms with Crippen LogP contribution in [0.5, 0.6) is 11.6 Å². The molecular weight excluding hydrogens is 386 g/mol. The molecule has 0 unspecified atom stereocenters. The summed E-state index contributed by atoms with van der Waals surface area (Å²) >= 11 is 0. The summed E-state index contributed by atoms with van der Waals surface area (Å²) in [6.07, 6.45) is 6.46. The van der Waals surface area contributed by atoms with Crippen LogP contribution < -0.4 is 10.1 Å². The van der Waals surface area contributed by atoms with Gasteiger partial charge in [-0.05, 0) is 60.5 Å². The van der Waals surface area contributed by atoms with Crippen LogP contribution in [0.4, 0.5) is 11.6 Å². The van der Waals surface area contributed by atoms with Crippen LogP contribution in [0.2, 0.25) is 0 Å². The van der Waals surface area contributed by atoms with Crippen LogP contribution in [0.25, 0.3) is 16.7 Å². The quantitative estimate of drug-likeness (QED) is 0.379. The number of rotatable bonds is 6. The Kier molecular flexibility index (Phi) is 5.02. The van der Waals surface area contributed by atoms with Gasteiger partial charge in [-0.3, -0.25) is 0 Å². The maximum Gasteiger partial charge on any atom is 0.230 e. The second kappa shape index (κ2) is 8.28. The van der Waals surface area contributed by atoms with Gasteiger partial charge in [-0.25, -0.2) is 9.97 Å². The number of nitrogens with one attached hydrogen (secondary N) is 1. The average Bonchev–Trinajstić information content (AvgIpc) is 3.23. The van der Waals surface area contributed by atoms with Crippen LogP contribution >= 0.6 is 0 Å². The molecule has 0 bridgehead atoms. The zero-order valence-corrected chi connectivity index (χ0v) is 17.1. The van der Waals surface area contributed by atoms with E-state index in [9.17, 15) is 0 Å². The van der Waals surface area contributed by atoms with Crippen LogP contribution in [-0.4, -0.2) is 19.5 Å². The van der Waals surface area contributed by atoms with Gasteiger partial charge < -0.3 is 14.6 Å². The highest BCUT2D eigenvalue weighted by molar-refractivity contribution is 5.83. The topological polar surface area (TPSA) is 64.9 Å². The first kappa shape index (κ1) is 18.8. The van der Waals surface area contributed by atoms with Crippen molar-refractivity contribution in [2.45, 2.75) is 13.3 Å². The van der Waals surface area contributed by atoms with Gasteiger partial charge in [-0.2, -0.15) is 4.98 Å². The van der Waals surface area contributed by atoms with E-state index in [2.05, 4.69) is 43.9 Å². The molecule has 0 atom stereocenters. The van der Waals surface area contributed by atoms with Gasteiger partial charge in [-0.1, -0.05) is 25.1 Å². The van der Waals surface area contributed by atoms with Gasteiger partial charge >= 0.3 is 0 Å². The summed E-state index contributed by atoms with van der Waals surface area (Å²) < 4.78 is 8.06. The van der Waals surface area contributed by atoms with E-state index in [1.165, 1.54) is 5.56 Å². The van der Waals surface area contributed by atoms with Gasteiger partial charge in [0.2, 0.25) is 11.8 Å². The molecule has 0 amide bonds. The molecule has 0 fully saturated rings. The van der Waals surface area contributed by atoms with E-state index >= 15 is 0 Å². The van der Waals surface area contributed by atoms with Gasteiger partial charge in [-0.15, -0.1) is 0 Å². The number of hydrogen-bond donors (Lipinski definition) is 1. The number of hydrogen-bond acceptors (Lipinski definition) is 5. The first-order chi connectivity index (χ1) is 15.3. The van der Waals surface area contributed by atoms with E-state index in [1.54, 1.807) is 18.5 Å². The fourth-order valence-electron chi connectivity index (χ4n) is 3.46. The molecule has 31 heavy (non-hydrogen) atoms. The minimum atomic E-state index is 0.479. The van der Waals surface area contributed by atoms with Gasteiger partial charge in [0.15, 0.2) is 0 Å². The maximum atomic E-state index is 6.01. The maximum absolute atomic E-state index is 6.01. The smallest absolute Gasteiger partial charge is 0.230 e. The lowest BCUT2D eigenvalue weighted by Gasteiger charge is -2.09. The van der Waals surface area contributed by atoms with Gasteiger partial charge in [0, 0.05) is 35.7 Å². The lowest BCUT2D eigenvalue weighted by molar-refractivity contribution is 0.463. The van der Waals surface area contributed by atoms with Crippen molar-refractivity contribution >= 4 is 22.5 Å². The van der Waals surface area contributed by atoms with Gasteiger partial charge in [0.05, 0.1) is 5.52 Å². The molecule has 0 aliphatic rings. The Hall–Kier alpha value is -4.19. The summed E-state index contributed by atoms with van der Waals surface area (Å²) in [7, 11) is 0. The number of benzene rings is 2. The number of ether oxygens (including phenoxy) is 1. The Balaban J connectivity index is 1.37. The Labute approximate surface area is 180 Å². The molecule has 0 saturated carbocycles. The Morgan fingerprint density at radius 1 is 0.903 bits per heavy atom. The van der Waals surface area contributed by atoms with Gasteiger partial charge in [0.1, 0.15) is 11.6 Å². The molecule has 6 heteroatoms. The monoisotopic (exact) mass is 407 g/mol. The lowest BCUT2D eigenvalue weighted by atomic mass is 10.1. The van der Waals surface area contributed by atoms with Crippen molar-refractivity contribution in [3.05, 3.63) is 97.0 Å². The molecule has 0 aliphatic heterocycles. The highest BCUT2D eigenvalue weighted by Gasteiger charge is 2.07. The lowest BCUT2D eigenvalue weighted by Crippen LogP contribution is -1.99. The van der Waals surface area contributed by atoms with Crippen LogP contribution in [0.1, 0.15) is 12.5 Å². The van der Waals surface area contributed by atoms with Crippen molar-refractivity contribution in [2.24, 2.45) is 0 Å². The molecule has 5 aromatic rings. The molecule has 152 valence electrons. The van der Waals surface area contributed by atoms with Crippen LogP contribution in [0.3, 0.4) is 0 Å². The normalized spacial score (nSPS) is 10.9. The zero-order chi connectivity index (χ0) is 21.0. The molecule has 5 rings (SSSR count). The number of aryl methyl sites for hydroxylation is 1. The summed E-state index contributed by atoms with van der Waals surface area (Å²) in [6.45, 7) is 2.13. The first-order valence-corrected chi connectivity index (χ1v) is 10.2.